The summed E-state index contributed by atoms with van der Waals surface area (Å²) in [4.78, 5) is 11.9. The highest BCUT2D eigenvalue weighted by atomic mass is 16.3. The number of aliphatic hydroxyl groups excluding tert-OH is 1. The first kappa shape index (κ1) is 17.0. The lowest BCUT2D eigenvalue weighted by atomic mass is 10.0. The van der Waals surface area contributed by atoms with E-state index >= 15 is 0 Å². The summed E-state index contributed by atoms with van der Waals surface area (Å²) in [6, 6.07) is 8.43. The minimum absolute atomic E-state index is 0.0795. The molecule has 0 aromatic heterocycles. The number of aliphatic hydroxyl groups is 1. The van der Waals surface area contributed by atoms with Crippen molar-refractivity contribution in [2.75, 3.05) is 6.61 Å². The predicted octanol–water partition coefficient (Wildman–Crippen LogP) is 2.33. The van der Waals surface area contributed by atoms with Gasteiger partial charge in [-0.15, -0.1) is 0 Å². The van der Waals surface area contributed by atoms with Crippen LogP contribution in [0.1, 0.15) is 44.4 Å². The van der Waals surface area contributed by atoms with Crippen LogP contribution in [0.2, 0.25) is 0 Å². The van der Waals surface area contributed by atoms with Gasteiger partial charge in [0.1, 0.15) is 0 Å². The Morgan fingerprint density at radius 1 is 1.33 bits per heavy atom. The highest BCUT2D eigenvalue weighted by Crippen LogP contribution is 2.13. The largest absolute Gasteiger partial charge is 0.394 e. The molecule has 2 amide bonds. The molecule has 0 bridgehead atoms. The van der Waals surface area contributed by atoms with Crippen LogP contribution >= 0.6 is 0 Å². The van der Waals surface area contributed by atoms with Gasteiger partial charge in [0.25, 0.3) is 0 Å². The Hall–Kier alpha value is -2.06. The third kappa shape index (κ3) is 5.84. The van der Waals surface area contributed by atoms with Crippen LogP contribution < -0.4 is 10.6 Å². The Morgan fingerprint density at radius 3 is 2.62 bits per heavy atom. The average molecular weight is 289 g/mol. The van der Waals surface area contributed by atoms with Crippen molar-refractivity contribution in [2.24, 2.45) is 5.92 Å². The molecule has 0 fully saturated rings. The lowest BCUT2D eigenvalue weighted by molar-refractivity contribution is 0.205. The first-order valence-corrected chi connectivity index (χ1v) is 7.14. The van der Waals surface area contributed by atoms with E-state index in [9.17, 15) is 9.90 Å². The van der Waals surface area contributed by atoms with Gasteiger partial charge in [-0.3, -0.25) is 0 Å². The van der Waals surface area contributed by atoms with Gasteiger partial charge in [0.2, 0.25) is 0 Å². The van der Waals surface area contributed by atoms with E-state index in [0.29, 0.717) is 11.5 Å². The molecule has 1 rings (SSSR count). The zero-order chi connectivity index (χ0) is 15.8. The van der Waals surface area contributed by atoms with E-state index in [-0.39, 0.29) is 24.7 Å². The number of nitrogens with one attached hydrogen (secondary N) is 2. The lowest BCUT2D eigenvalue weighted by Crippen LogP contribution is -2.45. The molecule has 0 saturated heterocycles. The van der Waals surface area contributed by atoms with E-state index in [1.165, 1.54) is 0 Å². The van der Waals surface area contributed by atoms with Crippen molar-refractivity contribution in [3.8, 4) is 6.07 Å². The van der Waals surface area contributed by atoms with Gasteiger partial charge in [-0.25, -0.2) is 4.79 Å². The molecule has 5 nitrogen and oxygen atoms in total. The number of urea groups is 1. The number of rotatable bonds is 6. The van der Waals surface area contributed by atoms with Gasteiger partial charge in [0.05, 0.1) is 30.3 Å². The molecule has 1 aromatic carbocycles. The van der Waals surface area contributed by atoms with Gasteiger partial charge >= 0.3 is 6.03 Å². The van der Waals surface area contributed by atoms with Crippen molar-refractivity contribution >= 4 is 6.03 Å². The maximum absolute atomic E-state index is 11.9. The van der Waals surface area contributed by atoms with Crippen molar-refractivity contribution < 1.29 is 9.90 Å². The number of carbonyl (C=O) groups excluding carboxylic acids is 1. The van der Waals surface area contributed by atoms with E-state index in [4.69, 9.17) is 5.26 Å². The fourth-order valence-corrected chi connectivity index (χ4v) is 2.13. The maximum Gasteiger partial charge on any atom is 0.315 e. The summed E-state index contributed by atoms with van der Waals surface area (Å²) in [5, 5.41) is 23.7. The molecule has 2 unspecified atom stereocenters. The van der Waals surface area contributed by atoms with E-state index < -0.39 is 0 Å². The molecule has 0 saturated carbocycles. The third-order valence-electron chi connectivity index (χ3n) is 3.17. The SMILES string of the molecule is CC(C)CC(CO)NC(=O)NC(C)c1cccc(C#N)c1. The number of nitrogens with zero attached hydrogens (tertiary/aromatic N) is 1. The summed E-state index contributed by atoms with van der Waals surface area (Å²) in [7, 11) is 0. The minimum Gasteiger partial charge on any atom is -0.394 e. The standard InChI is InChI=1S/C16H23N3O2/c1-11(2)7-15(10-20)19-16(21)18-12(3)14-6-4-5-13(8-14)9-17/h4-6,8,11-12,15,20H,7,10H2,1-3H3,(H2,18,19,21). The topological polar surface area (TPSA) is 85.2 Å². The zero-order valence-electron chi connectivity index (χ0n) is 12.8. The van der Waals surface area contributed by atoms with Crippen molar-refractivity contribution in [1.82, 2.24) is 10.6 Å². The molecule has 5 heteroatoms. The number of carbonyl (C=O) groups is 1. The molecule has 2 atom stereocenters. The van der Waals surface area contributed by atoms with Gasteiger partial charge in [-0.2, -0.15) is 5.26 Å². The molecule has 1 aromatic rings. The van der Waals surface area contributed by atoms with Crippen molar-refractivity contribution in [2.45, 2.75) is 39.3 Å². The third-order valence-corrected chi connectivity index (χ3v) is 3.17. The molecular weight excluding hydrogens is 266 g/mol. The second kappa shape index (κ2) is 8.28. The molecule has 21 heavy (non-hydrogen) atoms. The van der Waals surface area contributed by atoms with E-state index in [1.54, 1.807) is 18.2 Å². The van der Waals surface area contributed by atoms with Crippen LogP contribution in [0.3, 0.4) is 0 Å². The second-order valence-corrected chi connectivity index (χ2v) is 5.59. The predicted molar refractivity (Wildman–Crippen MR) is 81.6 cm³/mol. The Kier molecular flexibility index (Phi) is 6.70. The first-order valence-electron chi connectivity index (χ1n) is 7.14. The molecule has 0 heterocycles. The molecule has 0 radical (unpaired) electrons. The summed E-state index contributed by atoms with van der Waals surface area (Å²) in [6.07, 6.45) is 0.724. The van der Waals surface area contributed by atoms with Crippen molar-refractivity contribution in [3.05, 3.63) is 35.4 Å². The highest BCUT2D eigenvalue weighted by Gasteiger charge is 2.15. The normalized spacial score (nSPS) is 13.3. The highest BCUT2D eigenvalue weighted by molar-refractivity contribution is 5.74. The van der Waals surface area contributed by atoms with Gasteiger partial charge < -0.3 is 15.7 Å². The van der Waals surface area contributed by atoms with E-state index in [0.717, 1.165) is 12.0 Å². The summed E-state index contributed by atoms with van der Waals surface area (Å²) in [5.74, 6) is 0.396. The molecule has 0 aliphatic heterocycles. The van der Waals surface area contributed by atoms with Crippen LogP contribution in [-0.2, 0) is 0 Å². The maximum atomic E-state index is 11.9. The Labute approximate surface area is 126 Å². The van der Waals surface area contributed by atoms with Gasteiger partial charge in [-0.05, 0) is 37.0 Å². The molecule has 114 valence electrons. The second-order valence-electron chi connectivity index (χ2n) is 5.59. The van der Waals surface area contributed by atoms with E-state index in [2.05, 4.69) is 16.7 Å². The average Bonchev–Trinajstić information content (AvgIpc) is 2.45. The summed E-state index contributed by atoms with van der Waals surface area (Å²) < 4.78 is 0. The van der Waals surface area contributed by atoms with Crippen molar-refractivity contribution in [1.29, 1.82) is 5.26 Å². The molecule has 0 aliphatic carbocycles. The van der Waals surface area contributed by atoms with Crippen LogP contribution in [0.4, 0.5) is 4.79 Å². The monoisotopic (exact) mass is 289 g/mol. The quantitative estimate of drug-likeness (QED) is 0.751. The van der Waals surface area contributed by atoms with Crippen LogP contribution in [0.25, 0.3) is 0 Å². The number of hydrogen-bond acceptors (Lipinski definition) is 3. The summed E-state index contributed by atoms with van der Waals surface area (Å²) in [6.45, 7) is 5.85. The smallest absolute Gasteiger partial charge is 0.315 e. The number of hydrogen-bond donors (Lipinski definition) is 3. The fourth-order valence-electron chi connectivity index (χ4n) is 2.13. The van der Waals surface area contributed by atoms with Crippen molar-refractivity contribution in [3.63, 3.8) is 0 Å². The Balaban J connectivity index is 2.59. The lowest BCUT2D eigenvalue weighted by Gasteiger charge is -2.21. The number of amides is 2. The summed E-state index contributed by atoms with van der Waals surface area (Å²) >= 11 is 0. The number of benzene rings is 1. The molecule has 3 N–H and O–H groups in total. The fraction of sp³-hybridized carbons (Fsp3) is 0.500. The van der Waals surface area contributed by atoms with Crippen LogP contribution in [0.15, 0.2) is 24.3 Å². The summed E-state index contributed by atoms with van der Waals surface area (Å²) in [5.41, 5.74) is 1.43. The van der Waals surface area contributed by atoms with Gasteiger partial charge in [0, 0.05) is 0 Å². The van der Waals surface area contributed by atoms with Crippen LogP contribution in [-0.4, -0.2) is 23.8 Å². The van der Waals surface area contributed by atoms with E-state index in [1.807, 2.05) is 26.8 Å². The number of nitriles is 1. The molecule has 0 spiro atoms. The van der Waals surface area contributed by atoms with Gasteiger partial charge in [-0.1, -0.05) is 26.0 Å². The van der Waals surface area contributed by atoms with Crippen LogP contribution in [0.5, 0.6) is 0 Å². The minimum atomic E-state index is -0.315. The molecule has 0 aliphatic rings. The molecular formula is C16H23N3O2. The first-order chi connectivity index (χ1) is 9.96. The van der Waals surface area contributed by atoms with Crippen LogP contribution in [0, 0.1) is 17.2 Å². The Morgan fingerprint density at radius 2 is 2.05 bits per heavy atom. The Bertz CT molecular complexity index is 508. The van der Waals surface area contributed by atoms with Gasteiger partial charge in [0.15, 0.2) is 0 Å². The zero-order valence-corrected chi connectivity index (χ0v) is 12.8.